The maximum Gasteiger partial charge on any atom is 0.230 e. The Kier molecular flexibility index (Phi) is 5.82. The quantitative estimate of drug-likeness (QED) is 0.575. The Balaban J connectivity index is 1.91. The van der Waals surface area contributed by atoms with Gasteiger partial charge in [0, 0.05) is 11.4 Å². The lowest BCUT2D eigenvalue weighted by Crippen LogP contribution is -2.26. The summed E-state index contributed by atoms with van der Waals surface area (Å²) in [6, 6.07) is 2.29. The van der Waals surface area contributed by atoms with Crippen molar-refractivity contribution in [3.8, 4) is 10.7 Å². The van der Waals surface area contributed by atoms with Gasteiger partial charge in [0.15, 0.2) is 11.0 Å². The van der Waals surface area contributed by atoms with Crippen molar-refractivity contribution in [2.45, 2.75) is 63.9 Å². The Morgan fingerprint density at radius 3 is 2.89 bits per heavy atom. The monoisotopic (exact) mass is 404 g/mol. The van der Waals surface area contributed by atoms with Gasteiger partial charge in [-0.3, -0.25) is 9.36 Å². The topological polar surface area (TPSA) is 73.8 Å². The molecule has 2 heterocycles. The molecule has 3 rings (SSSR count). The standard InChI is InChI=1S/C20H28N4OS2/c1-6-9-24-18(22-23-19(24)26-12(2)17(21)25)16-11-13-10-14(20(3,4)5)7-8-15(13)27-16/h6,11-12,14H,1,7-10H2,2-5H3,(H2,21,25)/t12-,14-/m1/s1. The zero-order chi connectivity index (χ0) is 19.8. The van der Waals surface area contributed by atoms with Crippen LogP contribution in [0.25, 0.3) is 10.7 Å². The zero-order valence-electron chi connectivity index (χ0n) is 16.5. The first-order chi connectivity index (χ1) is 12.7. The number of aromatic nitrogens is 3. The molecule has 1 aliphatic carbocycles. The number of hydrogen-bond acceptors (Lipinski definition) is 5. The van der Waals surface area contributed by atoms with Crippen molar-refractivity contribution in [2.24, 2.45) is 17.1 Å². The van der Waals surface area contributed by atoms with Gasteiger partial charge in [-0.05, 0) is 49.1 Å². The Bertz CT molecular complexity index is 847. The van der Waals surface area contributed by atoms with Crippen LogP contribution >= 0.6 is 23.1 Å². The average Bonchev–Trinajstić information content (AvgIpc) is 3.17. The van der Waals surface area contributed by atoms with Crippen molar-refractivity contribution < 1.29 is 4.79 Å². The summed E-state index contributed by atoms with van der Waals surface area (Å²) < 4.78 is 2.02. The van der Waals surface area contributed by atoms with Crippen LogP contribution in [0.2, 0.25) is 0 Å². The van der Waals surface area contributed by atoms with E-state index in [4.69, 9.17) is 5.73 Å². The van der Waals surface area contributed by atoms with E-state index >= 15 is 0 Å². The summed E-state index contributed by atoms with van der Waals surface area (Å²) in [5, 5.41) is 9.10. The van der Waals surface area contributed by atoms with Crippen LogP contribution in [-0.4, -0.2) is 25.9 Å². The molecule has 0 saturated heterocycles. The van der Waals surface area contributed by atoms with Gasteiger partial charge in [0.05, 0.1) is 10.1 Å². The molecule has 0 fully saturated rings. The van der Waals surface area contributed by atoms with E-state index in [-0.39, 0.29) is 11.2 Å². The van der Waals surface area contributed by atoms with Gasteiger partial charge >= 0.3 is 0 Å². The second kappa shape index (κ2) is 7.80. The van der Waals surface area contributed by atoms with Crippen LogP contribution in [0.4, 0.5) is 0 Å². The fourth-order valence-electron chi connectivity index (χ4n) is 3.44. The summed E-state index contributed by atoms with van der Waals surface area (Å²) in [6.45, 7) is 13.2. The molecule has 1 amide bonds. The Morgan fingerprint density at radius 2 is 2.26 bits per heavy atom. The molecule has 2 aromatic heterocycles. The number of aryl methyl sites for hydroxylation is 1. The Morgan fingerprint density at radius 1 is 1.52 bits per heavy atom. The highest BCUT2D eigenvalue weighted by atomic mass is 32.2. The van der Waals surface area contributed by atoms with Crippen LogP contribution in [-0.2, 0) is 24.2 Å². The van der Waals surface area contributed by atoms with Crippen LogP contribution < -0.4 is 5.73 Å². The van der Waals surface area contributed by atoms with Gasteiger partial charge in [-0.25, -0.2) is 0 Å². The van der Waals surface area contributed by atoms with Crippen molar-refractivity contribution in [1.29, 1.82) is 0 Å². The number of fused-ring (bicyclic) bond motifs is 1. The van der Waals surface area contributed by atoms with E-state index < -0.39 is 0 Å². The third-order valence-corrected chi connectivity index (χ3v) is 7.57. The van der Waals surface area contributed by atoms with Crippen molar-refractivity contribution in [2.75, 3.05) is 0 Å². The van der Waals surface area contributed by atoms with Crippen LogP contribution in [0.3, 0.4) is 0 Å². The Hall–Kier alpha value is -1.60. The van der Waals surface area contributed by atoms with Crippen LogP contribution in [0.5, 0.6) is 0 Å². The number of carbonyl (C=O) groups excluding carboxylic acids is 1. The first-order valence-corrected chi connectivity index (χ1v) is 11.0. The van der Waals surface area contributed by atoms with E-state index in [0.29, 0.717) is 23.0 Å². The van der Waals surface area contributed by atoms with E-state index in [1.54, 1.807) is 6.92 Å². The number of hydrogen-bond donors (Lipinski definition) is 1. The highest BCUT2D eigenvalue weighted by Gasteiger charge is 2.30. The van der Waals surface area contributed by atoms with Crippen molar-refractivity contribution in [3.63, 3.8) is 0 Å². The molecule has 7 heteroatoms. The van der Waals surface area contributed by atoms with E-state index in [1.165, 1.54) is 28.6 Å². The average molecular weight is 405 g/mol. The molecule has 2 aromatic rings. The molecule has 0 aliphatic heterocycles. The summed E-state index contributed by atoms with van der Waals surface area (Å²) in [4.78, 5) is 14.0. The first kappa shape index (κ1) is 20.1. The van der Waals surface area contributed by atoms with E-state index in [2.05, 4.69) is 43.6 Å². The maximum absolute atomic E-state index is 11.4. The number of nitrogens with two attached hydrogens (primary N) is 1. The molecule has 5 nitrogen and oxygen atoms in total. The minimum atomic E-state index is -0.352. The fourth-order valence-corrected chi connectivity index (χ4v) is 5.45. The highest BCUT2D eigenvalue weighted by molar-refractivity contribution is 8.00. The van der Waals surface area contributed by atoms with Gasteiger partial charge in [-0.2, -0.15) is 0 Å². The molecule has 1 aliphatic rings. The molecule has 2 N–H and O–H groups in total. The van der Waals surface area contributed by atoms with Gasteiger partial charge < -0.3 is 5.73 Å². The summed E-state index contributed by atoms with van der Waals surface area (Å²) in [5.41, 5.74) is 7.19. The number of thiophene rings is 1. The summed E-state index contributed by atoms with van der Waals surface area (Å²) in [5.74, 6) is 1.20. The largest absolute Gasteiger partial charge is 0.369 e. The molecule has 0 bridgehead atoms. The molecule has 0 aromatic carbocycles. The molecule has 2 atom stereocenters. The molecule has 146 valence electrons. The molecular weight excluding hydrogens is 376 g/mol. The molecule has 0 spiro atoms. The van der Waals surface area contributed by atoms with E-state index in [0.717, 1.165) is 23.5 Å². The van der Waals surface area contributed by atoms with Crippen LogP contribution in [0, 0.1) is 11.3 Å². The summed E-state index contributed by atoms with van der Waals surface area (Å²) >= 11 is 3.17. The summed E-state index contributed by atoms with van der Waals surface area (Å²) in [6.07, 6.45) is 5.34. The minimum Gasteiger partial charge on any atom is -0.369 e. The minimum absolute atomic E-state index is 0.331. The predicted octanol–water partition coefficient (Wildman–Crippen LogP) is 4.31. The van der Waals surface area contributed by atoms with Gasteiger partial charge in [0.1, 0.15) is 0 Å². The van der Waals surface area contributed by atoms with Crippen molar-refractivity contribution >= 4 is 29.0 Å². The zero-order valence-corrected chi connectivity index (χ0v) is 18.1. The number of primary amides is 1. The number of nitrogens with zero attached hydrogens (tertiary/aromatic N) is 3. The maximum atomic E-state index is 11.4. The normalized spacial score (nSPS) is 18.1. The smallest absolute Gasteiger partial charge is 0.230 e. The fraction of sp³-hybridized carbons (Fsp3) is 0.550. The number of allylic oxidation sites excluding steroid dienone is 1. The van der Waals surface area contributed by atoms with E-state index in [9.17, 15) is 4.79 Å². The highest BCUT2D eigenvalue weighted by Crippen LogP contribution is 2.42. The number of rotatable bonds is 6. The predicted molar refractivity (Wildman–Crippen MR) is 113 cm³/mol. The third-order valence-electron chi connectivity index (χ3n) is 5.24. The molecule has 0 radical (unpaired) electrons. The third kappa shape index (κ3) is 4.29. The molecular formula is C20H28N4OS2. The van der Waals surface area contributed by atoms with Gasteiger partial charge in [-0.1, -0.05) is 38.6 Å². The first-order valence-electron chi connectivity index (χ1n) is 9.32. The second-order valence-electron chi connectivity index (χ2n) is 8.23. The lowest BCUT2D eigenvalue weighted by atomic mass is 9.72. The molecule has 27 heavy (non-hydrogen) atoms. The molecule has 0 saturated carbocycles. The lowest BCUT2D eigenvalue weighted by Gasteiger charge is -2.33. The number of amides is 1. The number of thioether (sulfide) groups is 1. The van der Waals surface area contributed by atoms with Gasteiger partial charge in [-0.15, -0.1) is 28.1 Å². The van der Waals surface area contributed by atoms with Crippen LogP contribution in [0.1, 0.15) is 44.6 Å². The van der Waals surface area contributed by atoms with E-state index in [1.807, 2.05) is 22.0 Å². The second-order valence-corrected chi connectivity index (χ2v) is 10.7. The SMILES string of the molecule is C=CCn1c(S[C@H](C)C(N)=O)nnc1-c1cc2c(s1)CC[C@@H](C(C)(C)C)C2. The number of carbonyl (C=O) groups is 1. The van der Waals surface area contributed by atoms with Gasteiger partial charge in [0.25, 0.3) is 0 Å². The Labute approximate surface area is 169 Å². The lowest BCUT2D eigenvalue weighted by molar-refractivity contribution is -0.117. The van der Waals surface area contributed by atoms with Gasteiger partial charge in [0.2, 0.25) is 5.91 Å². The van der Waals surface area contributed by atoms with Crippen molar-refractivity contribution in [1.82, 2.24) is 14.8 Å². The van der Waals surface area contributed by atoms with Crippen molar-refractivity contribution in [3.05, 3.63) is 29.2 Å². The molecule has 0 unspecified atom stereocenters. The van der Waals surface area contributed by atoms with Crippen LogP contribution in [0.15, 0.2) is 23.9 Å². The summed E-state index contributed by atoms with van der Waals surface area (Å²) in [7, 11) is 0.